The van der Waals surface area contributed by atoms with E-state index in [9.17, 15) is 4.79 Å². The Kier molecular flexibility index (Phi) is 3.43. The molecule has 0 unspecified atom stereocenters. The zero-order valence-electron chi connectivity index (χ0n) is 12.3. The molecule has 1 aromatic rings. The molecule has 1 fully saturated rings. The minimum Gasteiger partial charge on any atom is -0.329 e. The molecular weight excluding hydrogens is 236 g/mol. The lowest BCUT2D eigenvalue weighted by molar-refractivity contribution is -0.120. The summed E-state index contributed by atoms with van der Waals surface area (Å²) in [4.78, 5) is 12.2. The second-order valence-corrected chi connectivity index (χ2v) is 6.72. The third kappa shape index (κ3) is 2.81. The SMILES string of the molecule is Cc1cc(C(C)(C)C)ccc1NC(=O)C1(CN)CC1. The molecule has 19 heavy (non-hydrogen) atoms. The van der Waals surface area contributed by atoms with E-state index in [1.165, 1.54) is 5.56 Å². The van der Waals surface area contributed by atoms with Crippen LogP contribution >= 0.6 is 0 Å². The van der Waals surface area contributed by atoms with Crippen molar-refractivity contribution in [2.75, 3.05) is 11.9 Å². The summed E-state index contributed by atoms with van der Waals surface area (Å²) >= 11 is 0. The van der Waals surface area contributed by atoms with Crippen LogP contribution < -0.4 is 11.1 Å². The predicted molar refractivity (Wildman–Crippen MR) is 79.2 cm³/mol. The highest BCUT2D eigenvalue weighted by Gasteiger charge is 2.48. The van der Waals surface area contributed by atoms with E-state index < -0.39 is 0 Å². The molecule has 3 heteroatoms. The second kappa shape index (κ2) is 4.64. The van der Waals surface area contributed by atoms with E-state index in [-0.39, 0.29) is 16.7 Å². The van der Waals surface area contributed by atoms with E-state index in [1.54, 1.807) is 0 Å². The van der Waals surface area contributed by atoms with E-state index in [0.29, 0.717) is 6.54 Å². The summed E-state index contributed by atoms with van der Waals surface area (Å²) < 4.78 is 0. The number of rotatable bonds is 3. The van der Waals surface area contributed by atoms with Gasteiger partial charge in [0.2, 0.25) is 5.91 Å². The van der Waals surface area contributed by atoms with Crippen molar-refractivity contribution < 1.29 is 4.79 Å². The fourth-order valence-corrected chi connectivity index (χ4v) is 2.20. The normalized spacial score (nSPS) is 17.1. The zero-order valence-corrected chi connectivity index (χ0v) is 12.3. The van der Waals surface area contributed by atoms with Crippen LogP contribution in [0.1, 0.15) is 44.7 Å². The molecule has 0 aromatic heterocycles. The molecule has 0 radical (unpaired) electrons. The Bertz CT molecular complexity index is 496. The molecule has 1 aliphatic carbocycles. The molecule has 3 nitrogen and oxygen atoms in total. The summed E-state index contributed by atoms with van der Waals surface area (Å²) in [6, 6.07) is 6.24. The predicted octanol–water partition coefficient (Wildman–Crippen LogP) is 2.97. The molecule has 0 heterocycles. The molecule has 0 saturated heterocycles. The number of hydrogen-bond donors (Lipinski definition) is 2. The van der Waals surface area contributed by atoms with Crippen LogP contribution in [0.3, 0.4) is 0 Å². The molecule has 0 aliphatic heterocycles. The van der Waals surface area contributed by atoms with Gasteiger partial charge in [-0.3, -0.25) is 4.79 Å². The summed E-state index contributed by atoms with van der Waals surface area (Å²) in [5, 5.41) is 3.02. The molecule has 1 saturated carbocycles. The van der Waals surface area contributed by atoms with Gasteiger partial charge in [-0.25, -0.2) is 0 Å². The first-order valence-corrected chi connectivity index (χ1v) is 6.91. The average molecular weight is 260 g/mol. The first-order chi connectivity index (χ1) is 8.78. The Labute approximate surface area is 115 Å². The van der Waals surface area contributed by atoms with E-state index in [2.05, 4.69) is 38.2 Å². The van der Waals surface area contributed by atoms with Gasteiger partial charge in [0, 0.05) is 12.2 Å². The quantitative estimate of drug-likeness (QED) is 0.878. The van der Waals surface area contributed by atoms with Crippen molar-refractivity contribution in [1.82, 2.24) is 0 Å². The van der Waals surface area contributed by atoms with Crippen LogP contribution in [0.25, 0.3) is 0 Å². The van der Waals surface area contributed by atoms with Gasteiger partial charge in [-0.2, -0.15) is 0 Å². The minimum absolute atomic E-state index is 0.0709. The molecule has 1 amide bonds. The van der Waals surface area contributed by atoms with Crippen LogP contribution in [0.4, 0.5) is 5.69 Å². The topological polar surface area (TPSA) is 55.1 Å². The molecule has 3 N–H and O–H groups in total. The second-order valence-electron chi connectivity index (χ2n) is 6.72. The fraction of sp³-hybridized carbons (Fsp3) is 0.562. The number of nitrogens with one attached hydrogen (secondary N) is 1. The van der Waals surface area contributed by atoms with Gasteiger partial charge in [0.15, 0.2) is 0 Å². The van der Waals surface area contributed by atoms with Crippen molar-refractivity contribution in [3.63, 3.8) is 0 Å². The molecule has 0 atom stereocenters. The maximum absolute atomic E-state index is 12.2. The number of carbonyl (C=O) groups excluding carboxylic acids is 1. The number of nitrogens with two attached hydrogens (primary N) is 1. The highest BCUT2D eigenvalue weighted by Crippen LogP contribution is 2.45. The maximum atomic E-state index is 12.2. The molecule has 104 valence electrons. The Morgan fingerprint density at radius 3 is 2.42 bits per heavy atom. The molecule has 0 spiro atoms. The Balaban J connectivity index is 2.16. The van der Waals surface area contributed by atoms with Gasteiger partial charge in [0.1, 0.15) is 0 Å². The van der Waals surface area contributed by atoms with Gasteiger partial charge in [-0.05, 0) is 42.4 Å². The summed E-state index contributed by atoms with van der Waals surface area (Å²) in [6.07, 6.45) is 1.82. The summed E-state index contributed by atoms with van der Waals surface area (Å²) in [5.41, 5.74) is 8.80. The van der Waals surface area contributed by atoms with E-state index in [0.717, 1.165) is 24.1 Å². The lowest BCUT2D eigenvalue weighted by atomic mass is 9.86. The number of aryl methyl sites for hydroxylation is 1. The third-order valence-electron chi connectivity index (χ3n) is 4.07. The van der Waals surface area contributed by atoms with Gasteiger partial charge >= 0.3 is 0 Å². The van der Waals surface area contributed by atoms with E-state index in [1.807, 2.05) is 13.0 Å². The van der Waals surface area contributed by atoms with Crippen molar-refractivity contribution >= 4 is 11.6 Å². The van der Waals surface area contributed by atoms with Crippen molar-refractivity contribution in [2.24, 2.45) is 11.1 Å². The van der Waals surface area contributed by atoms with Crippen LogP contribution in [0.15, 0.2) is 18.2 Å². The largest absolute Gasteiger partial charge is 0.329 e. The first kappa shape index (κ1) is 14.1. The van der Waals surface area contributed by atoms with Gasteiger partial charge < -0.3 is 11.1 Å². The lowest BCUT2D eigenvalue weighted by Gasteiger charge is -2.21. The molecule has 1 aromatic carbocycles. The van der Waals surface area contributed by atoms with Crippen molar-refractivity contribution in [1.29, 1.82) is 0 Å². The molecule has 1 aliphatic rings. The monoisotopic (exact) mass is 260 g/mol. The van der Waals surface area contributed by atoms with Gasteiger partial charge in [-0.1, -0.05) is 32.9 Å². The lowest BCUT2D eigenvalue weighted by Crippen LogP contribution is -2.31. The zero-order chi connectivity index (χ0) is 14.3. The van der Waals surface area contributed by atoms with Crippen molar-refractivity contribution in [3.05, 3.63) is 29.3 Å². The van der Waals surface area contributed by atoms with Crippen LogP contribution in [0, 0.1) is 12.3 Å². The summed E-state index contributed by atoms with van der Waals surface area (Å²) in [5.74, 6) is 0.0709. The van der Waals surface area contributed by atoms with Crippen LogP contribution in [-0.2, 0) is 10.2 Å². The number of anilines is 1. The Morgan fingerprint density at radius 2 is 2.00 bits per heavy atom. The van der Waals surface area contributed by atoms with Gasteiger partial charge in [0.05, 0.1) is 5.41 Å². The van der Waals surface area contributed by atoms with E-state index >= 15 is 0 Å². The smallest absolute Gasteiger partial charge is 0.231 e. The third-order valence-corrected chi connectivity index (χ3v) is 4.07. The molecule has 2 rings (SSSR count). The van der Waals surface area contributed by atoms with Gasteiger partial charge in [0.25, 0.3) is 0 Å². The summed E-state index contributed by atoms with van der Waals surface area (Å²) in [6.45, 7) is 9.04. The standard InChI is InChI=1S/C16H24N2O/c1-11-9-12(15(2,3)4)5-6-13(11)18-14(19)16(10-17)7-8-16/h5-6,9H,7-8,10,17H2,1-4H3,(H,18,19). The van der Waals surface area contributed by atoms with Crippen molar-refractivity contribution in [2.45, 2.75) is 46.0 Å². The van der Waals surface area contributed by atoms with E-state index in [4.69, 9.17) is 5.73 Å². The molecular formula is C16H24N2O. The minimum atomic E-state index is -0.296. The van der Waals surface area contributed by atoms with Crippen LogP contribution in [0.2, 0.25) is 0 Å². The fourth-order valence-electron chi connectivity index (χ4n) is 2.20. The molecule has 0 bridgehead atoms. The van der Waals surface area contributed by atoms with Gasteiger partial charge in [-0.15, -0.1) is 0 Å². The van der Waals surface area contributed by atoms with Crippen molar-refractivity contribution in [3.8, 4) is 0 Å². The van der Waals surface area contributed by atoms with Crippen LogP contribution in [0.5, 0.6) is 0 Å². The summed E-state index contributed by atoms with van der Waals surface area (Å²) in [7, 11) is 0. The highest BCUT2D eigenvalue weighted by atomic mass is 16.2. The average Bonchev–Trinajstić information content (AvgIpc) is 3.11. The Morgan fingerprint density at radius 1 is 1.37 bits per heavy atom. The number of benzene rings is 1. The number of amides is 1. The maximum Gasteiger partial charge on any atom is 0.231 e. The highest BCUT2D eigenvalue weighted by molar-refractivity contribution is 5.97. The number of carbonyl (C=O) groups is 1. The van der Waals surface area contributed by atoms with Crippen LogP contribution in [-0.4, -0.2) is 12.5 Å². The first-order valence-electron chi connectivity index (χ1n) is 6.91. The number of hydrogen-bond acceptors (Lipinski definition) is 2. The Hall–Kier alpha value is -1.35.